The fourth-order valence-corrected chi connectivity index (χ4v) is 2.39. The van der Waals surface area contributed by atoms with Crippen molar-refractivity contribution >= 4 is 17.6 Å². The van der Waals surface area contributed by atoms with Crippen molar-refractivity contribution in [3.63, 3.8) is 0 Å². The van der Waals surface area contributed by atoms with Crippen LogP contribution in [-0.2, 0) is 4.79 Å². The number of benzene rings is 1. The SMILES string of the molecule is CCC(c1cccc(Cl)c1)N(CC)CCC(=O)O. The van der Waals surface area contributed by atoms with Crippen LogP contribution in [0.15, 0.2) is 24.3 Å². The molecule has 4 heteroatoms. The number of hydrogen-bond donors (Lipinski definition) is 1. The lowest BCUT2D eigenvalue weighted by molar-refractivity contribution is -0.137. The van der Waals surface area contributed by atoms with E-state index in [2.05, 4.69) is 18.7 Å². The first-order valence-electron chi connectivity index (χ1n) is 6.29. The summed E-state index contributed by atoms with van der Waals surface area (Å²) < 4.78 is 0. The monoisotopic (exact) mass is 269 g/mol. The van der Waals surface area contributed by atoms with Gasteiger partial charge in [0.2, 0.25) is 0 Å². The molecule has 0 amide bonds. The van der Waals surface area contributed by atoms with Gasteiger partial charge in [0.25, 0.3) is 0 Å². The molecule has 1 aromatic carbocycles. The van der Waals surface area contributed by atoms with Gasteiger partial charge in [-0.15, -0.1) is 0 Å². The van der Waals surface area contributed by atoms with Crippen molar-refractivity contribution in [2.75, 3.05) is 13.1 Å². The molecule has 0 saturated heterocycles. The van der Waals surface area contributed by atoms with E-state index in [1.165, 1.54) is 0 Å². The Hall–Kier alpha value is -1.06. The number of halogens is 1. The van der Waals surface area contributed by atoms with Crippen LogP contribution < -0.4 is 0 Å². The quantitative estimate of drug-likeness (QED) is 0.822. The molecule has 0 aliphatic heterocycles. The summed E-state index contributed by atoms with van der Waals surface area (Å²) in [5.74, 6) is -0.755. The number of aliphatic carboxylic acids is 1. The largest absolute Gasteiger partial charge is 0.481 e. The first-order valence-corrected chi connectivity index (χ1v) is 6.67. The summed E-state index contributed by atoms with van der Waals surface area (Å²) in [5, 5.41) is 9.50. The lowest BCUT2D eigenvalue weighted by Crippen LogP contribution is -2.30. The van der Waals surface area contributed by atoms with Gasteiger partial charge >= 0.3 is 5.97 Å². The Labute approximate surface area is 113 Å². The summed E-state index contributed by atoms with van der Waals surface area (Å²) in [6.45, 7) is 5.55. The van der Waals surface area contributed by atoms with Crippen molar-refractivity contribution in [1.82, 2.24) is 4.90 Å². The summed E-state index contributed by atoms with van der Waals surface area (Å²) in [7, 11) is 0. The highest BCUT2D eigenvalue weighted by atomic mass is 35.5. The topological polar surface area (TPSA) is 40.5 Å². The zero-order valence-corrected chi connectivity index (χ0v) is 11.7. The van der Waals surface area contributed by atoms with E-state index in [0.717, 1.165) is 23.6 Å². The Kier molecular flexibility index (Phi) is 6.16. The van der Waals surface area contributed by atoms with E-state index < -0.39 is 5.97 Å². The Morgan fingerprint density at radius 3 is 2.67 bits per heavy atom. The van der Waals surface area contributed by atoms with Crippen LogP contribution in [0.4, 0.5) is 0 Å². The van der Waals surface area contributed by atoms with Crippen LogP contribution in [0.2, 0.25) is 5.02 Å². The maximum Gasteiger partial charge on any atom is 0.304 e. The van der Waals surface area contributed by atoms with Crippen molar-refractivity contribution in [2.24, 2.45) is 0 Å². The number of carboxylic acids is 1. The fraction of sp³-hybridized carbons (Fsp3) is 0.500. The lowest BCUT2D eigenvalue weighted by Gasteiger charge is -2.30. The molecule has 0 heterocycles. The maximum absolute atomic E-state index is 10.7. The lowest BCUT2D eigenvalue weighted by atomic mass is 10.0. The van der Waals surface area contributed by atoms with Crippen molar-refractivity contribution in [2.45, 2.75) is 32.7 Å². The maximum atomic E-state index is 10.7. The fourth-order valence-electron chi connectivity index (χ4n) is 2.19. The van der Waals surface area contributed by atoms with E-state index in [-0.39, 0.29) is 12.5 Å². The van der Waals surface area contributed by atoms with Crippen LogP contribution >= 0.6 is 11.6 Å². The van der Waals surface area contributed by atoms with Crippen molar-refractivity contribution in [1.29, 1.82) is 0 Å². The Morgan fingerprint density at radius 1 is 1.44 bits per heavy atom. The van der Waals surface area contributed by atoms with Gasteiger partial charge in [0.1, 0.15) is 0 Å². The number of hydrogen-bond acceptors (Lipinski definition) is 2. The molecule has 3 nitrogen and oxygen atoms in total. The van der Waals surface area contributed by atoms with Gasteiger partial charge in [0.15, 0.2) is 0 Å². The van der Waals surface area contributed by atoms with Crippen molar-refractivity contribution in [3.8, 4) is 0 Å². The summed E-state index contributed by atoms with van der Waals surface area (Å²) >= 11 is 6.01. The van der Waals surface area contributed by atoms with Crippen LogP contribution in [0.1, 0.15) is 38.3 Å². The van der Waals surface area contributed by atoms with Crippen LogP contribution in [-0.4, -0.2) is 29.1 Å². The average molecular weight is 270 g/mol. The molecule has 1 aromatic rings. The summed E-state index contributed by atoms with van der Waals surface area (Å²) in [6, 6.07) is 8.02. The van der Waals surface area contributed by atoms with E-state index in [1.54, 1.807) is 0 Å². The number of rotatable bonds is 7. The molecule has 100 valence electrons. The molecule has 0 aliphatic rings. The summed E-state index contributed by atoms with van der Waals surface area (Å²) in [6.07, 6.45) is 1.11. The highest BCUT2D eigenvalue weighted by Gasteiger charge is 2.18. The first kappa shape index (κ1) is 15.0. The van der Waals surface area contributed by atoms with E-state index in [9.17, 15) is 4.79 Å². The molecule has 0 aliphatic carbocycles. The van der Waals surface area contributed by atoms with Crippen LogP contribution in [0.25, 0.3) is 0 Å². The Balaban J connectivity index is 2.82. The molecule has 1 unspecified atom stereocenters. The van der Waals surface area contributed by atoms with E-state index >= 15 is 0 Å². The molecule has 1 rings (SSSR count). The zero-order valence-electron chi connectivity index (χ0n) is 10.9. The third-order valence-corrected chi connectivity index (χ3v) is 3.32. The molecule has 0 bridgehead atoms. The number of nitrogens with zero attached hydrogens (tertiary/aromatic N) is 1. The number of carboxylic acid groups (broad SMARTS) is 1. The molecular weight excluding hydrogens is 250 g/mol. The Morgan fingerprint density at radius 2 is 2.17 bits per heavy atom. The average Bonchev–Trinajstić information content (AvgIpc) is 2.34. The van der Waals surface area contributed by atoms with Gasteiger partial charge in [0, 0.05) is 17.6 Å². The normalized spacial score (nSPS) is 12.7. The van der Waals surface area contributed by atoms with Crippen LogP contribution in [0.5, 0.6) is 0 Å². The van der Waals surface area contributed by atoms with Gasteiger partial charge in [-0.2, -0.15) is 0 Å². The second kappa shape index (κ2) is 7.39. The molecule has 0 radical (unpaired) electrons. The van der Waals surface area contributed by atoms with E-state index in [4.69, 9.17) is 16.7 Å². The van der Waals surface area contributed by atoms with Gasteiger partial charge in [-0.3, -0.25) is 9.69 Å². The molecule has 1 N–H and O–H groups in total. The van der Waals surface area contributed by atoms with Crippen molar-refractivity contribution < 1.29 is 9.90 Å². The van der Waals surface area contributed by atoms with E-state index in [0.29, 0.717) is 6.54 Å². The van der Waals surface area contributed by atoms with Crippen LogP contribution in [0, 0.1) is 0 Å². The summed E-state index contributed by atoms with van der Waals surface area (Å²) in [5.41, 5.74) is 1.15. The van der Waals surface area contributed by atoms with Crippen molar-refractivity contribution in [3.05, 3.63) is 34.9 Å². The predicted molar refractivity (Wildman–Crippen MR) is 74.0 cm³/mol. The molecule has 1 atom stereocenters. The Bertz CT molecular complexity index is 395. The standard InChI is InChI=1S/C14H20ClNO2/c1-3-13(11-6-5-7-12(15)10-11)16(4-2)9-8-14(17)18/h5-7,10,13H,3-4,8-9H2,1-2H3,(H,17,18). The molecular formula is C14H20ClNO2. The smallest absolute Gasteiger partial charge is 0.304 e. The zero-order chi connectivity index (χ0) is 13.5. The second-order valence-electron chi connectivity index (χ2n) is 4.25. The van der Waals surface area contributed by atoms with Gasteiger partial charge in [0.05, 0.1) is 6.42 Å². The molecule has 0 spiro atoms. The molecule has 18 heavy (non-hydrogen) atoms. The van der Waals surface area contributed by atoms with Gasteiger partial charge < -0.3 is 5.11 Å². The predicted octanol–water partition coefficient (Wildman–Crippen LogP) is 3.59. The van der Waals surface area contributed by atoms with Crippen LogP contribution in [0.3, 0.4) is 0 Å². The van der Waals surface area contributed by atoms with E-state index in [1.807, 2.05) is 24.3 Å². The van der Waals surface area contributed by atoms with Gasteiger partial charge in [-0.05, 0) is 30.7 Å². The third kappa shape index (κ3) is 4.31. The molecule has 0 saturated carbocycles. The van der Waals surface area contributed by atoms with Gasteiger partial charge in [-0.25, -0.2) is 0 Å². The minimum atomic E-state index is -0.755. The minimum absolute atomic E-state index is 0.172. The first-order chi connectivity index (χ1) is 8.58. The second-order valence-corrected chi connectivity index (χ2v) is 4.69. The molecule has 0 aromatic heterocycles. The minimum Gasteiger partial charge on any atom is -0.481 e. The highest BCUT2D eigenvalue weighted by Crippen LogP contribution is 2.26. The molecule has 0 fully saturated rings. The highest BCUT2D eigenvalue weighted by molar-refractivity contribution is 6.30. The number of carbonyl (C=O) groups is 1. The summed E-state index contributed by atoms with van der Waals surface area (Å²) in [4.78, 5) is 12.9. The van der Waals surface area contributed by atoms with Gasteiger partial charge in [-0.1, -0.05) is 37.6 Å². The third-order valence-electron chi connectivity index (χ3n) is 3.08.